The van der Waals surface area contributed by atoms with E-state index in [-0.39, 0.29) is 28.8 Å². The number of aliphatic hydroxyl groups is 1. The molecular weight excluding hydrogens is 310 g/mol. The van der Waals surface area contributed by atoms with Crippen LogP contribution in [0.5, 0.6) is 0 Å². The Morgan fingerprint density at radius 1 is 1.39 bits per heavy atom. The highest BCUT2D eigenvalue weighted by Gasteiger charge is 2.19. The number of hydrogen-bond donors (Lipinski definition) is 2. The standard InChI is InChI=1S/C12H13BrF2O3/c1-6(3-12(17)18)2-11(16)7-4-10(15)8(13)5-9(7)14/h4-6,11,16H,2-3H2,1H3,(H,17,18). The molecule has 0 bridgehead atoms. The number of rotatable bonds is 5. The maximum atomic E-state index is 13.5. The Labute approximate surface area is 112 Å². The molecule has 18 heavy (non-hydrogen) atoms. The summed E-state index contributed by atoms with van der Waals surface area (Å²) in [6.45, 7) is 1.63. The molecular formula is C12H13BrF2O3. The average Bonchev–Trinajstić information content (AvgIpc) is 2.21. The summed E-state index contributed by atoms with van der Waals surface area (Å²) < 4.78 is 26.8. The fraction of sp³-hybridized carbons (Fsp3) is 0.417. The van der Waals surface area contributed by atoms with E-state index in [1.807, 2.05) is 0 Å². The first-order valence-corrected chi connectivity index (χ1v) is 6.14. The van der Waals surface area contributed by atoms with Gasteiger partial charge in [-0.05, 0) is 40.4 Å². The van der Waals surface area contributed by atoms with Gasteiger partial charge < -0.3 is 10.2 Å². The lowest BCUT2D eigenvalue weighted by Gasteiger charge is -2.16. The minimum atomic E-state index is -1.22. The molecule has 0 fully saturated rings. The Bertz CT molecular complexity index is 451. The third kappa shape index (κ3) is 4.03. The zero-order valence-electron chi connectivity index (χ0n) is 9.66. The Balaban J connectivity index is 2.81. The lowest BCUT2D eigenvalue weighted by Crippen LogP contribution is -2.10. The van der Waals surface area contributed by atoms with Gasteiger partial charge in [-0.3, -0.25) is 4.79 Å². The molecule has 2 N–H and O–H groups in total. The highest BCUT2D eigenvalue weighted by molar-refractivity contribution is 9.10. The second-order valence-electron chi connectivity index (χ2n) is 4.24. The van der Waals surface area contributed by atoms with Crippen molar-refractivity contribution in [3.05, 3.63) is 33.8 Å². The van der Waals surface area contributed by atoms with Gasteiger partial charge in [-0.1, -0.05) is 6.92 Å². The number of carboxylic acid groups (broad SMARTS) is 1. The average molecular weight is 323 g/mol. The van der Waals surface area contributed by atoms with Gasteiger partial charge in [0.25, 0.3) is 0 Å². The molecule has 1 aromatic rings. The van der Waals surface area contributed by atoms with E-state index in [9.17, 15) is 18.7 Å². The summed E-state index contributed by atoms with van der Waals surface area (Å²) in [6.07, 6.45) is -1.29. The van der Waals surface area contributed by atoms with Crippen LogP contribution in [0.2, 0.25) is 0 Å². The first-order chi connectivity index (χ1) is 8.31. The number of aliphatic hydroxyl groups excluding tert-OH is 1. The molecule has 1 rings (SSSR count). The van der Waals surface area contributed by atoms with Crippen molar-refractivity contribution < 1.29 is 23.8 Å². The summed E-state index contributed by atoms with van der Waals surface area (Å²) in [5.41, 5.74) is -0.159. The van der Waals surface area contributed by atoms with E-state index >= 15 is 0 Å². The molecule has 3 nitrogen and oxygen atoms in total. The van der Waals surface area contributed by atoms with Crippen LogP contribution in [0, 0.1) is 17.6 Å². The summed E-state index contributed by atoms with van der Waals surface area (Å²) >= 11 is 2.84. The normalized spacial score (nSPS) is 14.3. The quantitative estimate of drug-likeness (QED) is 0.818. The molecule has 0 radical (unpaired) electrons. The SMILES string of the molecule is CC(CC(=O)O)CC(O)c1cc(F)c(Br)cc1F. The second-order valence-corrected chi connectivity index (χ2v) is 5.10. The number of carbonyl (C=O) groups is 1. The van der Waals surface area contributed by atoms with Crippen molar-refractivity contribution in [2.24, 2.45) is 5.92 Å². The van der Waals surface area contributed by atoms with Crippen molar-refractivity contribution in [1.82, 2.24) is 0 Å². The molecule has 0 aromatic heterocycles. The predicted octanol–water partition coefficient (Wildman–Crippen LogP) is 3.26. The fourth-order valence-corrected chi connectivity index (χ4v) is 2.00. The van der Waals surface area contributed by atoms with E-state index in [0.717, 1.165) is 12.1 Å². The second kappa shape index (κ2) is 6.24. The largest absolute Gasteiger partial charge is 0.481 e. The van der Waals surface area contributed by atoms with Crippen LogP contribution in [0.25, 0.3) is 0 Å². The Kier molecular flexibility index (Phi) is 5.22. The maximum absolute atomic E-state index is 13.5. The van der Waals surface area contributed by atoms with Gasteiger partial charge in [0, 0.05) is 12.0 Å². The zero-order valence-corrected chi connectivity index (χ0v) is 11.2. The summed E-state index contributed by atoms with van der Waals surface area (Å²) in [6, 6.07) is 1.85. The highest BCUT2D eigenvalue weighted by Crippen LogP contribution is 2.28. The molecule has 6 heteroatoms. The first kappa shape index (κ1) is 15.0. The monoisotopic (exact) mass is 322 g/mol. The molecule has 0 spiro atoms. The minimum absolute atomic E-state index is 0.0189. The fourth-order valence-electron chi connectivity index (χ4n) is 1.68. The van der Waals surface area contributed by atoms with Crippen molar-refractivity contribution in [3.63, 3.8) is 0 Å². The molecule has 100 valence electrons. The van der Waals surface area contributed by atoms with Gasteiger partial charge in [-0.25, -0.2) is 8.78 Å². The van der Waals surface area contributed by atoms with Crippen LogP contribution in [0.15, 0.2) is 16.6 Å². The highest BCUT2D eigenvalue weighted by atomic mass is 79.9. The van der Waals surface area contributed by atoms with Crippen LogP contribution in [0.4, 0.5) is 8.78 Å². The molecule has 0 aliphatic rings. The summed E-state index contributed by atoms with van der Waals surface area (Å²) in [5.74, 6) is -2.71. The Hall–Kier alpha value is -1.01. The van der Waals surface area contributed by atoms with Crippen molar-refractivity contribution in [3.8, 4) is 0 Å². The van der Waals surface area contributed by atoms with E-state index in [2.05, 4.69) is 15.9 Å². The van der Waals surface area contributed by atoms with Crippen molar-refractivity contribution in [2.45, 2.75) is 25.9 Å². The van der Waals surface area contributed by atoms with Gasteiger partial charge in [0.2, 0.25) is 0 Å². The van der Waals surface area contributed by atoms with E-state index in [1.165, 1.54) is 0 Å². The third-order valence-electron chi connectivity index (χ3n) is 2.55. The van der Waals surface area contributed by atoms with Crippen LogP contribution < -0.4 is 0 Å². The van der Waals surface area contributed by atoms with Gasteiger partial charge in [-0.15, -0.1) is 0 Å². The zero-order chi connectivity index (χ0) is 13.9. The van der Waals surface area contributed by atoms with Gasteiger partial charge >= 0.3 is 5.97 Å². The lowest BCUT2D eigenvalue weighted by atomic mass is 9.95. The predicted molar refractivity (Wildman–Crippen MR) is 65.1 cm³/mol. The summed E-state index contributed by atoms with van der Waals surface area (Å²) in [4.78, 5) is 10.5. The number of aliphatic carboxylic acids is 1. The van der Waals surface area contributed by atoms with Crippen LogP contribution in [0.1, 0.15) is 31.4 Å². The molecule has 0 saturated carbocycles. The maximum Gasteiger partial charge on any atom is 0.303 e. The molecule has 1 aromatic carbocycles. The third-order valence-corrected chi connectivity index (χ3v) is 3.16. The minimum Gasteiger partial charge on any atom is -0.481 e. The van der Waals surface area contributed by atoms with E-state index < -0.39 is 23.7 Å². The van der Waals surface area contributed by atoms with Crippen molar-refractivity contribution in [1.29, 1.82) is 0 Å². The Morgan fingerprint density at radius 2 is 2.00 bits per heavy atom. The molecule has 0 aliphatic heterocycles. The van der Waals surface area contributed by atoms with Crippen LogP contribution in [-0.2, 0) is 4.79 Å². The molecule has 2 atom stereocenters. The molecule has 0 amide bonds. The van der Waals surface area contributed by atoms with Crippen LogP contribution >= 0.6 is 15.9 Å². The van der Waals surface area contributed by atoms with Gasteiger partial charge in [0.1, 0.15) is 11.6 Å². The van der Waals surface area contributed by atoms with Crippen LogP contribution in [-0.4, -0.2) is 16.2 Å². The summed E-state index contributed by atoms with van der Waals surface area (Å²) in [5, 5.41) is 18.4. The topological polar surface area (TPSA) is 57.5 Å². The van der Waals surface area contributed by atoms with Crippen molar-refractivity contribution in [2.75, 3.05) is 0 Å². The van der Waals surface area contributed by atoms with Gasteiger partial charge in [0.15, 0.2) is 0 Å². The number of carboxylic acids is 1. The molecule has 0 saturated heterocycles. The molecule has 0 aliphatic carbocycles. The molecule has 2 unspecified atom stereocenters. The number of benzene rings is 1. The number of hydrogen-bond acceptors (Lipinski definition) is 2. The molecule has 0 heterocycles. The van der Waals surface area contributed by atoms with Crippen LogP contribution in [0.3, 0.4) is 0 Å². The van der Waals surface area contributed by atoms with Gasteiger partial charge in [-0.2, -0.15) is 0 Å². The van der Waals surface area contributed by atoms with E-state index in [4.69, 9.17) is 5.11 Å². The first-order valence-electron chi connectivity index (χ1n) is 5.35. The number of halogens is 3. The van der Waals surface area contributed by atoms with E-state index in [1.54, 1.807) is 6.92 Å². The van der Waals surface area contributed by atoms with E-state index in [0.29, 0.717) is 0 Å². The van der Waals surface area contributed by atoms with Gasteiger partial charge in [0.05, 0.1) is 10.6 Å². The smallest absolute Gasteiger partial charge is 0.303 e. The van der Waals surface area contributed by atoms with Crippen molar-refractivity contribution >= 4 is 21.9 Å². The Morgan fingerprint density at radius 3 is 2.56 bits per heavy atom. The lowest BCUT2D eigenvalue weighted by molar-refractivity contribution is -0.138. The summed E-state index contributed by atoms with van der Waals surface area (Å²) in [7, 11) is 0.